The number of rotatable bonds is 5. The molecule has 1 heterocycles. The molecule has 1 aliphatic rings. The van der Waals surface area contributed by atoms with Crippen LogP contribution in [0.15, 0.2) is 22.7 Å². The molecule has 3 nitrogen and oxygen atoms in total. The van der Waals surface area contributed by atoms with Gasteiger partial charge in [0, 0.05) is 28.8 Å². The second-order valence-corrected chi connectivity index (χ2v) is 5.83. The van der Waals surface area contributed by atoms with Crippen molar-refractivity contribution in [2.24, 2.45) is 5.73 Å². The quantitative estimate of drug-likeness (QED) is 0.816. The standard InChI is InChI=1S/C13H18BrN3S/c14-12-9-10(3-4-11(12)13(15)18)16-5-8-17-6-1-2-7-17/h3-4,9,16H,1-2,5-8H2,(H2,15,18). The van der Waals surface area contributed by atoms with E-state index in [4.69, 9.17) is 18.0 Å². The van der Waals surface area contributed by atoms with Gasteiger partial charge in [0.15, 0.2) is 0 Å². The zero-order valence-corrected chi connectivity index (χ0v) is 12.7. The van der Waals surface area contributed by atoms with E-state index in [1.165, 1.54) is 25.9 Å². The molecule has 0 aromatic heterocycles. The zero-order valence-electron chi connectivity index (χ0n) is 10.3. The molecule has 0 saturated carbocycles. The van der Waals surface area contributed by atoms with Crippen molar-refractivity contribution in [2.75, 3.05) is 31.5 Å². The fourth-order valence-electron chi connectivity index (χ4n) is 2.19. The third kappa shape index (κ3) is 3.67. The van der Waals surface area contributed by atoms with Gasteiger partial charge >= 0.3 is 0 Å². The molecule has 0 unspecified atom stereocenters. The molecular weight excluding hydrogens is 310 g/mol. The second-order valence-electron chi connectivity index (χ2n) is 4.53. The first kappa shape index (κ1) is 13.8. The number of hydrogen-bond donors (Lipinski definition) is 2. The van der Waals surface area contributed by atoms with Gasteiger partial charge in [0.25, 0.3) is 0 Å². The zero-order chi connectivity index (χ0) is 13.0. The molecule has 1 saturated heterocycles. The molecule has 0 atom stereocenters. The largest absolute Gasteiger partial charge is 0.389 e. The Morgan fingerprint density at radius 1 is 1.39 bits per heavy atom. The third-order valence-corrected chi connectivity index (χ3v) is 4.07. The predicted octanol–water partition coefficient (Wildman–Crippen LogP) is 2.59. The van der Waals surface area contributed by atoms with E-state index in [-0.39, 0.29) is 0 Å². The molecule has 3 N–H and O–H groups in total. The smallest absolute Gasteiger partial charge is 0.105 e. The summed E-state index contributed by atoms with van der Waals surface area (Å²) in [5, 5.41) is 3.42. The van der Waals surface area contributed by atoms with Crippen LogP contribution in [0, 0.1) is 0 Å². The summed E-state index contributed by atoms with van der Waals surface area (Å²) in [6.45, 7) is 4.56. The van der Waals surface area contributed by atoms with Gasteiger partial charge in [-0.1, -0.05) is 12.2 Å². The second kappa shape index (κ2) is 6.50. The van der Waals surface area contributed by atoms with Crippen LogP contribution in [-0.4, -0.2) is 36.1 Å². The maximum absolute atomic E-state index is 5.62. The highest BCUT2D eigenvalue weighted by atomic mass is 79.9. The van der Waals surface area contributed by atoms with Crippen molar-refractivity contribution in [1.82, 2.24) is 4.90 Å². The summed E-state index contributed by atoms with van der Waals surface area (Å²) < 4.78 is 0.946. The van der Waals surface area contributed by atoms with Gasteiger partial charge in [0.1, 0.15) is 4.99 Å². The molecule has 1 aliphatic heterocycles. The predicted molar refractivity (Wildman–Crippen MR) is 84.2 cm³/mol. The third-order valence-electron chi connectivity index (χ3n) is 3.19. The van der Waals surface area contributed by atoms with Crippen molar-refractivity contribution in [2.45, 2.75) is 12.8 Å². The molecule has 0 spiro atoms. The Balaban J connectivity index is 1.85. The van der Waals surface area contributed by atoms with Crippen LogP contribution >= 0.6 is 28.1 Å². The normalized spacial score (nSPS) is 15.8. The van der Waals surface area contributed by atoms with Crippen LogP contribution in [0.4, 0.5) is 5.69 Å². The van der Waals surface area contributed by atoms with Gasteiger partial charge in [0.05, 0.1) is 0 Å². The highest BCUT2D eigenvalue weighted by Crippen LogP contribution is 2.21. The van der Waals surface area contributed by atoms with Crippen molar-refractivity contribution < 1.29 is 0 Å². The fraction of sp³-hybridized carbons (Fsp3) is 0.462. The Kier molecular flexibility index (Phi) is 4.97. The van der Waals surface area contributed by atoms with E-state index in [0.29, 0.717) is 4.99 Å². The average molecular weight is 328 g/mol. The molecule has 0 bridgehead atoms. The summed E-state index contributed by atoms with van der Waals surface area (Å²) >= 11 is 8.46. The van der Waals surface area contributed by atoms with Crippen LogP contribution in [0.2, 0.25) is 0 Å². The molecule has 0 amide bonds. The minimum absolute atomic E-state index is 0.422. The van der Waals surface area contributed by atoms with E-state index in [2.05, 4.69) is 26.1 Å². The van der Waals surface area contributed by atoms with E-state index >= 15 is 0 Å². The minimum Gasteiger partial charge on any atom is -0.389 e. The van der Waals surface area contributed by atoms with Crippen LogP contribution < -0.4 is 11.1 Å². The van der Waals surface area contributed by atoms with Crippen molar-refractivity contribution in [3.63, 3.8) is 0 Å². The summed E-state index contributed by atoms with van der Waals surface area (Å²) in [5.41, 5.74) is 7.60. The Morgan fingerprint density at radius 2 is 2.11 bits per heavy atom. The molecule has 0 radical (unpaired) electrons. The van der Waals surface area contributed by atoms with Crippen molar-refractivity contribution in [3.05, 3.63) is 28.2 Å². The van der Waals surface area contributed by atoms with Gasteiger partial charge in [-0.15, -0.1) is 0 Å². The summed E-state index contributed by atoms with van der Waals surface area (Å²) in [7, 11) is 0. The van der Waals surface area contributed by atoms with Gasteiger partial charge in [-0.2, -0.15) is 0 Å². The van der Waals surface area contributed by atoms with Gasteiger partial charge in [0.2, 0.25) is 0 Å². The number of nitrogens with two attached hydrogens (primary N) is 1. The SMILES string of the molecule is NC(=S)c1ccc(NCCN2CCCC2)cc1Br. The Hall–Kier alpha value is -0.650. The Labute approximate surface area is 122 Å². The number of likely N-dealkylation sites (tertiary alicyclic amines) is 1. The lowest BCUT2D eigenvalue weighted by atomic mass is 10.2. The number of halogens is 1. The number of benzene rings is 1. The summed E-state index contributed by atoms with van der Waals surface area (Å²) in [6.07, 6.45) is 2.68. The lowest BCUT2D eigenvalue weighted by molar-refractivity contribution is 0.352. The average Bonchev–Trinajstić information content (AvgIpc) is 2.81. The van der Waals surface area contributed by atoms with Crippen LogP contribution in [0.1, 0.15) is 18.4 Å². The highest BCUT2D eigenvalue weighted by molar-refractivity contribution is 9.10. The van der Waals surface area contributed by atoms with Crippen LogP contribution in [-0.2, 0) is 0 Å². The van der Waals surface area contributed by atoms with E-state index in [0.717, 1.165) is 28.8 Å². The highest BCUT2D eigenvalue weighted by Gasteiger charge is 2.10. The molecule has 0 aliphatic carbocycles. The van der Waals surface area contributed by atoms with Crippen molar-refractivity contribution in [3.8, 4) is 0 Å². The summed E-state index contributed by atoms with van der Waals surface area (Å²) in [6, 6.07) is 5.99. The van der Waals surface area contributed by atoms with Gasteiger partial charge in [-0.05, 0) is 60.1 Å². The van der Waals surface area contributed by atoms with Crippen LogP contribution in [0.3, 0.4) is 0 Å². The number of thiocarbonyl (C=S) groups is 1. The number of nitrogens with one attached hydrogen (secondary N) is 1. The first-order chi connectivity index (χ1) is 8.66. The molecule has 1 fully saturated rings. The van der Waals surface area contributed by atoms with Gasteiger partial charge < -0.3 is 16.0 Å². The van der Waals surface area contributed by atoms with Crippen molar-refractivity contribution in [1.29, 1.82) is 0 Å². The van der Waals surface area contributed by atoms with Crippen LogP contribution in [0.25, 0.3) is 0 Å². The fourth-order valence-corrected chi connectivity index (χ4v) is 3.09. The van der Waals surface area contributed by atoms with E-state index in [1.54, 1.807) is 0 Å². The number of anilines is 1. The summed E-state index contributed by atoms with van der Waals surface area (Å²) in [4.78, 5) is 2.91. The van der Waals surface area contributed by atoms with E-state index in [1.807, 2.05) is 18.2 Å². The van der Waals surface area contributed by atoms with E-state index in [9.17, 15) is 0 Å². The lowest BCUT2D eigenvalue weighted by Gasteiger charge is -2.15. The minimum atomic E-state index is 0.422. The lowest BCUT2D eigenvalue weighted by Crippen LogP contribution is -2.25. The molecule has 1 aromatic rings. The molecule has 2 rings (SSSR count). The van der Waals surface area contributed by atoms with Gasteiger partial charge in [-0.3, -0.25) is 0 Å². The van der Waals surface area contributed by atoms with Gasteiger partial charge in [-0.25, -0.2) is 0 Å². The first-order valence-corrected chi connectivity index (χ1v) is 7.42. The topological polar surface area (TPSA) is 41.3 Å². The van der Waals surface area contributed by atoms with Crippen molar-refractivity contribution >= 4 is 38.8 Å². The number of hydrogen-bond acceptors (Lipinski definition) is 3. The Morgan fingerprint density at radius 3 is 2.72 bits per heavy atom. The first-order valence-electron chi connectivity index (χ1n) is 6.22. The monoisotopic (exact) mass is 327 g/mol. The maximum atomic E-state index is 5.62. The van der Waals surface area contributed by atoms with E-state index < -0.39 is 0 Å². The molecule has 18 heavy (non-hydrogen) atoms. The molecule has 1 aromatic carbocycles. The Bertz CT molecular complexity index is 430. The maximum Gasteiger partial charge on any atom is 0.105 e. The van der Waals surface area contributed by atoms with Crippen LogP contribution in [0.5, 0.6) is 0 Å². The number of nitrogens with zero attached hydrogens (tertiary/aromatic N) is 1. The summed E-state index contributed by atoms with van der Waals surface area (Å²) in [5.74, 6) is 0. The molecule has 98 valence electrons. The molecular formula is C13H18BrN3S. The molecule has 5 heteroatoms.